The fourth-order valence-electron chi connectivity index (χ4n) is 2.07. The number of hydrogen-bond donors (Lipinski definition) is 1. The number of fused-ring (bicyclic) bond motifs is 3. The number of tetrazole rings is 1. The highest BCUT2D eigenvalue weighted by Crippen LogP contribution is 2.35. The number of nitrogens with one attached hydrogen (secondary N) is 1. The molecule has 10 heteroatoms. The summed E-state index contributed by atoms with van der Waals surface area (Å²) < 4.78 is 1.25. The molecule has 3 aromatic rings. The van der Waals surface area contributed by atoms with Gasteiger partial charge in [0.1, 0.15) is 11.5 Å². The maximum absolute atomic E-state index is 11.4. The summed E-state index contributed by atoms with van der Waals surface area (Å²) in [4.78, 5) is 25.9. The lowest BCUT2D eigenvalue weighted by molar-refractivity contribution is -0.382. The molecule has 0 atom stereocenters. The van der Waals surface area contributed by atoms with Gasteiger partial charge in [-0.1, -0.05) is 13.8 Å². The van der Waals surface area contributed by atoms with Crippen molar-refractivity contribution >= 4 is 33.7 Å². The maximum Gasteiger partial charge on any atom is 0.339 e. The van der Waals surface area contributed by atoms with Crippen LogP contribution in [0, 0.1) is 10.1 Å². The number of rotatable bonds is 4. The first-order chi connectivity index (χ1) is 11.1. The van der Waals surface area contributed by atoms with Crippen LogP contribution in [0.15, 0.2) is 18.5 Å². The van der Waals surface area contributed by atoms with Gasteiger partial charge in [-0.15, -0.1) is 5.10 Å². The summed E-state index contributed by atoms with van der Waals surface area (Å²) in [6, 6.07) is 1.60. The van der Waals surface area contributed by atoms with Gasteiger partial charge in [0.05, 0.1) is 23.2 Å². The summed E-state index contributed by atoms with van der Waals surface area (Å²) in [6.07, 6.45) is 3.00. The average molecular weight is 317 g/mol. The van der Waals surface area contributed by atoms with Crippen molar-refractivity contribution in [1.29, 1.82) is 0 Å². The van der Waals surface area contributed by atoms with E-state index in [1.165, 1.54) is 23.8 Å². The molecule has 0 saturated heterocycles. The fraction of sp³-hybridized carbons (Fsp3) is 0.308. The SMILES string of the molecule is CC.CC(=O)CNc1c([N+](=O)[O-])c2nnnn2c2cnccc12. The molecule has 1 N–H and O–H groups in total. The molecule has 3 heterocycles. The van der Waals surface area contributed by atoms with Crippen molar-refractivity contribution in [2.24, 2.45) is 0 Å². The molecule has 3 rings (SSSR count). The number of aromatic nitrogens is 5. The number of carbonyl (C=O) groups is 1. The van der Waals surface area contributed by atoms with E-state index < -0.39 is 4.92 Å². The summed E-state index contributed by atoms with van der Waals surface area (Å²) in [7, 11) is 0. The van der Waals surface area contributed by atoms with Crippen LogP contribution in [0.2, 0.25) is 0 Å². The third-order valence-electron chi connectivity index (χ3n) is 2.91. The number of nitrogens with zero attached hydrogens (tertiary/aromatic N) is 6. The minimum Gasteiger partial charge on any atom is -0.372 e. The van der Waals surface area contributed by atoms with Gasteiger partial charge in [0.25, 0.3) is 5.65 Å². The van der Waals surface area contributed by atoms with Gasteiger partial charge >= 0.3 is 5.69 Å². The Morgan fingerprint density at radius 3 is 2.83 bits per heavy atom. The second-order valence-corrected chi connectivity index (χ2v) is 4.34. The Hall–Kier alpha value is -3.17. The van der Waals surface area contributed by atoms with Gasteiger partial charge < -0.3 is 5.32 Å². The van der Waals surface area contributed by atoms with E-state index in [1.54, 1.807) is 6.07 Å². The zero-order valence-corrected chi connectivity index (χ0v) is 12.8. The van der Waals surface area contributed by atoms with Crippen molar-refractivity contribution in [2.75, 3.05) is 11.9 Å². The zero-order valence-electron chi connectivity index (χ0n) is 12.8. The van der Waals surface area contributed by atoms with Crippen LogP contribution in [0.4, 0.5) is 11.4 Å². The Bertz CT molecular complexity index is 875. The lowest BCUT2D eigenvalue weighted by atomic mass is 10.2. The average Bonchev–Trinajstić information content (AvgIpc) is 3.03. The molecule has 0 unspecified atom stereocenters. The quantitative estimate of drug-likeness (QED) is 0.567. The van der Waals surface area contributed by atoms with Crippen molar-refractivity contribution in [2.45, 2.75) is 20.8 Å². The van der Waals surface area contributed by atoms with Gasteiger partial charge in [-0.2, -0.15) is 4.52 Å². The number of pyridine rings is 2. The van der Waals surface area contributed by atoms with Gasteiger partial charge in [-0.05, 0) is 23.4 Å². The molecule has 0 radical (unpaired) electrons. The number of nitro groups is 1. The van der Waals surface area contributed by atoms with Crippen molar-refractivity contribution < 1.29 is 9.72 Å². The lowest BCUT2D eigenvalue weighted by Gasteiger charge is -2.09. The number of hydrogen-bond acceptors (Lipinski definition) is 8. The summed E-state index contributed by atoms with van der Waals surface area (Å²) in [5, 5.41) is 25.6. The summed E-state index contributed by atoms with van der Waals surface area (Å²) in [5.41, 5.74) is 0.426. The van der Waals surface area contributed by atoms with Gasteiger partial charge in [-0.25, -0.2) is 0 Å². The van der Waals surface area contributed by atoms with Gasteiger partial charge in [0, 0.05) is 11.6 Å². The number of ketones is 1. The first-order valence-corrected chi connectivity index (χ1v) is 6.95. The number of anilines is 1. The van der Waals surface area contributed by atoms with Crippen molar-refractivity contribution in [3.05, 3.63) is 28.6 Å². The molecule has 0 aliphatic carbocycles. The zero-order chi connectivity index (χ0) is 17.0. The largest absolute Gasteiger partial charge is 0.372 e. The van der Waals surface area contributed by atoms with Crippen molar-refractivity contribution in [3.8, 4) is 0 Å². The van der Waals surface area contributed by atoms with E-state index in [2.05, 4.69) is 25.8 Å². The molecule has 23 heavy (non-hydrogen) atoms. The number of Topliss-reactive ketones (excluding diaryl/α,β-unsaturated/α-hetero) is 1. The molecule has 0 aliphatic rings. The monoisotopic (exact) mass is 317 g/mol. The van der Waals surface area contributed by atoms with Crippen LogP contribution in [-0.4, -0.2) is 42.3 Å². The summed E-state index contributed by atoms with van der Waals surface area (Å²) >= 11 is 0. The Morgan fingerprint density at radius 1 is 1.43 bits per heavy atom. The Labute approximate surface area is 130 Å². The number of carbonyl (C=O) groups excluding carboxylic acids is 1. The van der Waals surface area contributed by atoms with Crippen LogP contribution < -0.4 is 5.32 Å². The molecule has 120 valence electrons. The van der Waals surface area contributed by atoms with Crippen molar-refractivity contribution in [3.63, 3.8) is 0 Å². The molecule has 0 bridgehead atoms. The lowest BCUT2D eigenvalue weighted by Crippen LogP contribution is -2.13. The second-order valence-electron chi connectivity index (χ2n) is 4.34. The molecule has 0 aromatic carbocycles. The first kappa shape index (κ1) is 16.2. The van der Waals surface area contributed by atoms with E-state index in [0.29, 0.717) is 10.9 Å². The van der Waals surface area contributed by atoms with Gasteiger partial charge in [0.2, 0.25) is 0 Å². The maximum atomic E-state index is 11.4. The predicted octanol–water partition coefficient (Wildman–Crippen LogP) is 1.61. The summed E-state index contributed by atoms with van der Waals surface area (Å²) in [5.74, 6) is -0.147. The molecule has 0 amide bonds. The third kappa shape index (κ3) is 2.91. The minimum absolute atomic E-state index is 0.00782. The molecule has 3 aromatic heterocycles. The Morgan fingerprint density at radius 2 is 2.17 bits per heavy atom. The molecular weight excluding hydrogens is 302 g/mol. The van der Waals surface area contributed by atoms with Gasteiger partial charge in [-0.3, -0.25) is 19.9 Å². The van der Waals surface area contributed by atoms with Crippen LogP contribution in [0.3, 0.4) is 0 Å². The Balaban J connectivity index is 0.000000924. The molecule has 0 fully saturated rings. The van der Waals surface area contributed by atoms with E-state index in [4.69, 9.17) is 0 Å². The van der Waals surface area contributed by atoms with Crippen LogP contribution in [0.25, 0.3) is 16.6 Å². The van der Waals surface area contributed by atoms with E-state index in [9.17, 15) is 14.9 Å². The van der Waals surface area contributed by atoms with Crippen LogP contribution in [0.5, 0.6) is 0 Å². The topological polar surface area (TPSA) is 128 Å². The first-order valence-electron chi connectivity index (χ1n) is 6.95. The fourth-order valence-corrected chi connectivity index (χ4v) is 2.07. The van der Waals surface area contributed by atoms with E-state index in [-0.39, 0.29) is 29.3 Å². The van der Waals surface area contributed by atoms with Crippen molar-refractivity contribution in [1.82, 2.24) is 25.0 Å². The smallest absolute Gasteiger partial charge is 0.339 e. The molecule has 10 nitrogen and oxygen atoms in total. The molecule has 0 aliphatic heterocycles. The molecular formula is C13H15N7O3. The highest BCUT2D eigenvalue weighted by atomic mass is 16.6. The Kier molecular flexibility index (Phi) is 4.74. The van der Waals surface area contributed by atoms with E-state index >= 15 is 0 Å². The molecule has 0 spiro atoms. The predicted molar refractivity (Wildman–Crippen MR) is 83.3 cm³/mol. The minimum atomic E-state index is -0.575. The molecule has 0 saturated carbocycles. The van der Waals surface area contributed by atoms with E-state index in [1.807, 2.05) is 13.8 Å². The van der Waals surface area contributed by atoms with Gasteiger partial charge in [0.15, 0.2) is 0 Å². The van der Waals surface area contributed by atoms with Crippen LogP contribution in [-0.2, 0) is 4.79 Å². The summed E-state index contributed by atoms with van der Waals surface area (Å²) in [6.45, 7) is 5.36. The highest BCUT2D eigenvalue weighted by Gasteiger charge is 2.26. The normalized spacial score (nSPS) is 10.2. The highest BCUT2D eigenvalue weighted by molar-refractivity contribution is 6.01. The van der Waals surface area contributed by atoms with E-state index in [0.717, 1.165) is 0 Å². The van der Waals surface area contributed by atoms with Crippen LogP contribution in [0.1, 0.15) is 20.8 Å². The standard InChI is InChI=1S/C11H9N7O3.C2H6/c1-6(19)4-13-9-7-2-3-12-5-8(7)17-11(14-15-16-17)10(9)18(20)21;1-2/h2-3,5,13H,4H2,1H3;1-2H3. The third-order valence-corrected chi connectivity index (χ3v) is 2.91. The second kappa shape index (κ2) is 6.73. The van der Waals surface area contributed by atoms with Crippen LogP contribution >= 0.6 is 0 Å².